The molecule has 0 atom stereocenters. The molecule has 0 aliphatic rings. The van der Waals surface area contributed by atoms with Gasteiger partial charge in [0.15, 0.2) is 0 Å². The zero-order valence-electron chi connectivity index (χ0n) is 10.6. The van der Waals surface area contributed by atoms with Crippen LogP contribution in [0.5, 0.6) is 0 Å². The molecule has 0 heterocycles. The van der Waals surface area contributed by atoms with Crippen LogP contribution in [0.1, 0.15) is 11.1 Å². The fraction of sp³-hybridized carbons (Fsp3) is 0.133. The van der Waals surface area contributed by atoms with Crippen LogP contribution in [0.3, 0.4) is 0 Å². The Hall–Kier alpha value is -1.81. The van der Waals surface area contributed by atoms with Crippen molar-refractivity contribution in [2.24, 2.45) is 0 Å². The Morgan fingerprint density at radius 3 is 2.68 bits per heavy atom. The first kappa shape index (κ1) is 13.6. The molecule has 0 saturated carbocycles. The zero-order chi connectivity index (χ0) is 13.8. The van der Waals surface area contributed by atoms with E-state index in [1.54, 1.807) is 18.2 Å². The lowest BCUT2D eigenvalue weighted by molar-refractivity contribution is -0.115. The zero-order valence-corrected chi connectivity index (χ0v) is 12.2. The summed E-state index contributed by atoms with van der Waals surface area (Å²) >= 11 is 3.34. The maximum Gasteiger partial charge on any atom is 0.228 e. The van der Waals surface area contributed by atoms with Crippen LogP contribution in [-0.4, -0.2) is 5.91 Å². The van der Waals surface area contributed by atoms with Gasteiger partial charge in [-0.05, 0) is 52.2 Å². The molecule has 0 aliphatic carbocycles. The first-order chi connectivity index (χ1) is 9.06. The normalized spacial score (nSPS) is 10.2. The molecule has 1 amide bonds. The number of hydrogen-bond donors (Lipinski definition) is 2. The number of nitrogens with two attached hydrogens (primary N) is 1. The third-order valence-electron chi connectivity index (χ3n) is 2.90. The van der Waals surface area contributed by atoms with E-state index in [0.717, 1.165) is 21.3 Å². The summed E-state index contributed by atoms with van der Waals surface area (Å²) in [4.78, 5) is 12.0. The molecule has 0 radical (unpaired) electrons. The molecule has 2 rings (SSSR count). The van der Waals surface area contributed by atoms with Gasteiger partial charge in [0, 0.05) is 15.8 Å². The first-order valence-electron chi connectivity index (χ1n) is 5.95. The number of halogens is 1. The molecule has 2 aromatic carbocycles. The minimum atomic E-state index is -0.0361. The van der Waals surface area contributed by atoms with E-state index in [2.05, 4.69) is 21.2 Å². The molecule has 4 heteroatoms. The van der Waals surface area contributed by atoms with Gasteiger partial charge < -0.3 is 11.1 Å². The highest BCUT2D eigenvalue weighted by molar-refractivity contribution is 9.10. The van der Waals surface area contributed by atoms with Gasteiger partial charge in [-0.2, -0.15) is 0 Å². The van der Waals surface area contributed by atoms with Gasteiger partial charge >= 0.3 is 0 Å². The lowest BCUT2D eigenvalue weighted by atomic mass is 10.1. The topological polar surface area (TPSA) is 55.1 Å². The van der Waals surface area contributed by atoms with Crippen molar-refractivity contribution in [3.8, 4) is 0 Å². The molecule has 19 heavy (non-hydrogen) atoms. The van der Waals surface area contributed by atoms with E-state index in [9.17, 15) is 4.79 Å². The van der Waals surface area contributed by atoms with Crippen molar-refractivity contribution in [3.63, 3.8) is 0 Å². The predicted octanol–water partition coefficient (Wildman–Crippen LogP) is 3.52. The summed E-state index contributed by atoms with van der Waals surface area (Å²) in [6.45, 7) is 2.00. The summed E-state index contributed by atoms with van der Waals surface area (Å²) in [6, 6.07) is 13.2. The summed E-state index contributed by atoms with van der Waals surface area (Å²) in [5.41, 5.74) is 9.25. The third kappa shape index (κ3) is 3.58. The maximum absolute atomic E-state index is 12.0. The summed E-state index contributed by atoms with van der Waals surface area (Å²) < 4.78 is 0.779. The number of carbonyl (C=O) groups is 1. The van der Waals surface area contributed by atoms with Gasteiger partial charge in [0.2, 0.25) is 5.91 Å². The average Bonchev–Trinajstić information content (AvgIpc) is 2.37. The fourth-order valence-electron chi connectivity index (χ4n) is 1.79. The molecule has 98 valence electrons. The molecule has 0 saturated heterocycles. The van der Waals surface area contributed by atoms with E-state index < -0.39 is 0 Å². The number of rotatable bonds is 3. The van der Waals surface area contributed by atoms with Crippen LogP contribution in [0.25, 0.3) is 0 Å². The van der Waals surface area contributed by atoms with Crippen LogP contribution in [-0.2, 0) is 11.2 Å². The van der Waals surface area contributed by atoms with Crippen molar-refractivity contribution < 1.29 is 4.79 Å². The van der Waals surface area contributed by atoms with E-state index in [-0.39, 0.29) is 5.91 Å². The van der Waals surface area contributed by atoms with Crippen molar-refractivity contribution in [1.82, 2.24) is 0 Å². The number of aryl methyl sites for hydroxylation is 1. The largest absolute Gasteiger partial charge is 0.398 e. The van der Waals surface area contributed by atoms with Crippen LogP contribution in [0, 0.1) is 6.92 Å². The van der Waals surface area contributed by atoms with Gasteiger partial charge in [-0.3, -0.25) is 4.79 Å². The minimum Gasteiger partial charge on any atom is -0.398 e. The molecule has 0 fully saturated rings. The van der Waals surface area contributed by atoms with Crippen LogP contribution in [0.2, 0.25) is 0 Å². The molecule has 2 aromatic rings. The van der Waals surface area contributed by atoms with Gasteiger partial charge in [-0.25, -0.2) is 0 Å². The molecule has 0 unspecified atom stereocenters. The van der Waals surface area contributed by atoms with E-state index in [0.29, 0.717) is 12.1 Å². The predicted molar refractivity (Wildman–Crippen MR) is 82.1 cm³/mol. The van der Waals surface area contributed by atoms with E-state index in [4.69, 9.17) is 5.73 Å². The number of hydrogen-bond acceptors (Lipinski definition) is 2. The fourth-order valence-corrected chi connectivity index (χ4v) is 2.17. The molecule has 3 N–H and O–H groups in total. The lowest BCUT2D eigenvalue weighted by Crippen LogP contribution is -2.15. The second kappa shape index (κ2) is 5.89. The van der Waals surface area contributed by atoms with E-state index in [1.165, 1.54) is 0 Å². The van der Waals surface area contributed by atoms with Gasteiger partial charge in [0.05, 0.1) is 6.42 Å². The van der Waals surface area contributed by atoms with Crippen molar-refractivity contribution in [2.45, 2.75) is 13.3 Å². The molecule has 3 nitrogen and oxygen atoms in total. The molecule has 0 aliphatic heterocycles. The summed E-state index contributed by atoms with van der Waals surface area (Å²) in [5, 5.41) is 2.86. The number of anilines is 2. The Kier molecular flexibility index (Phi) is 4.22. The second-order valence-electron chi connectivity index (χ2n) is 4.39. The highest BCUT2D eigenvalue weighted by atomic mass is 79.9. The second-order valence-corrected chi connectivity index (χ2v) is 5.24. The number of nitrogens with one attached hydrogen (secondary N) is 1. The van der Waals surface area contributed by atoms with E-state index in [1.807, 2.05) is 31.2 Å². The average molecular weight is 319 g/mol. The number of carbonyl (C=O) groups excluding carboxylic acids is 1. The number of benzene rings is 2. The van der Waals surface area contributed by atoms with Crippen LogP contribution in [0.4, 0.5) is 11.4 Å². The molecule has 0 spiro atoms. The molecular weight excluding hydrogens is 304 g/mol. The summed E-state index contributed by atoms with van der Waals surface area (Å²) in [7, 11) is 0. The molecule has 0 aromatic heterocycles. The molecule has 0 bridgehead atoms. The number of nitrogen functional groups attached to an aromatic ring is 1. The molecular formula is C15H15BrN2O. The monoisotopic (exact) mass is 318 g/mol. The highest BCUT2D eigenvalue weighted by Gasteiger charge is 2.06. The Bertz CT molecular complexity index is 611. The van der Waals surface area contributed by atoms with Crippen molar-refractivity contribution in [1.29, 1.82) is 0 Å². The number of amides is 1. The Morgan fingerprint density at radius 2 is 2.00 bits per heavy atom. The minimum absolute atomic E-state index is 0.0361. The van der Waals surface area contributed by atoms with Gasteiger partial charge in [0.1, 0.15) is 0 Å². The van der Waals surface area contributed by atoms with Crippen molar-refractivity contribution in [2.75, 3.05) is 11.1 Å². The maximum atomic E-state index is 12.0. The Balaban J connectivity index is 2.05. The smallest absolute Gasteiger partial charge is 0.228 e. The van der Waals surface area contributed by atoms with Crippen LogP contribution < -0.4 is 11.1 Å². The highest BCUT2D eigenvalue weighted by Crippen LogP contribution is 2.23. The van der Waals surface area contributed by atoms with Gasteiger partial charge in [-0.1, -0.05) is 24.3 Å². The first-order valence-corrected chi connectivity index (χ1v) is 6.75. The Labute approximate surface area is 121 Å². The van der Waals surface area contributed by atoms with Crippen LogP contribution >= 0.6 is 15.9 Å². The summed E-state index contributed by atoms with van der Waals surface area (Å²) in [5.74, 6) is -0.0361. The van der Waals surface area contributed by atoms with Crippen LogP contribution in [0.15, 0.2) is 46.9 Å². The third-order valence-corrected chi connectivity index (χ3v) is 3.58. The lowest BCUT2D eigenvalue weighted by Gasteiger charge is -2.08. The SMILES string of the molecule is Cc1ccccc1CC(=O)Nc1ccc(N)c(Br)c1. The standard InChI is InChI=1S/C15H15BrN2O/c1-10-4-2-3-5-11(10)8-15(19)18-12-6-7-14(17)13(16)9-12/h2-7,9H,8,17H2,1H3,(H,18,19). The van der Waals surface area contributed by atoms with Gasteiger partial charge in [0.25, 0.3) is 0 Å². The van der Waals surface area contributed by atoms with Crippen molar-refractivity contribution >= 4 is 33.2 Å². The van der Waals surface area contributed by atoms with Gasteiger partial charge in [-0.15, -0.1) is 0 Å². The van der Waals surface area contributed by atoms with E-state index >= 15 is 0 Å². The summed E-state index contributed by atoms with van der Waals surface area (Å²) in [6.07, 6.45) is 0.370. The van der Waals surface area contributed by atoms with Crippen molar-refractivity contribution in [3.05, 3.63) is 58.1 Å². The Morgan fingerprint density at radius 1 is 1.26 bits per heavy atom. The quantitative estimate of drug-likeness (QED) is 0.851.